The number of aromatic carboxylic acids is 1. The highest BCUT2D eigenvalue weighted by molar-refractivity contribution is 5.98. The molecule has 0 aromatic heterocycles. The molecule has 0 atom stereocenters. The minimum absolute atomic E-state index is 0.171. The first-order chi connectivity index (χ1) is 7.61. The van der Waals surface area contributed by atoms with Crippen molar-refractivity contribution in [1.82, 2.24) is 0 Å². The van der Waals surface area contributed by atoms with Crippen LogP contribution in [0.25, 0.3) is 10.8 Å². The number of carbonyl (C=O) groups is 2. The highest BCUT2D eigenvalue weighted by atomic mass is 16.4. The number of carbonyl (C=O) groups excluding carboxylic acids is 1. The van der Waals surface area contributed by atoms with Gasteiger partial charge < -0.3 is 10.2 Å². The van der Waals surface area contributed by atoms with Gasteiger partial charge in [0.1, 0.15) is 17.6 Å². The zero-order valence-corrected chi connectivity index (χ0v) is 8.18. The van der Waals surface area contributed by atoms with Gasteiger partial charge in [0.15, 0.2) is 0 Å². The summed E-state index contributed by atoms with van der Waals surface area (Å²) in [5, 5.41) is 19.6. The van der Waals surface area contributed by atoms with Gasteiger partial charge in [0, 0.05) is 5.56 Å². The Kier molecular flexibility index (Phi) is 2.32. The summed E-state index contributed by atoms with van der Waals surface area (Å²) in [4.78, 5) is 21.4. The van der Waals surface area contributed by atoms with E-state index in [1.807, 2.05) is 0 Å². The van der Waals surface area contributed by atoms with Gasteiger partial charge in [0.2, 0.25) is 0 Å². The molecule has 0 fully saturated rings. The molecule has 0 aliphatic rings. The second-order valence-corrected chi connectivity index (χ2v) is 3.40. The van der Waals surface area contributed by atoms with Crippen molar-refractivity contribution in [3.05, 3.63) is 41.5 Å². The number of carboxylic acid groups (broad SMARTS) is 1. The second-order valence-electron chi connectivity index (χ2n) is 3.40. The molecule has 4 nitrogen and oxygen atoms in total. The summed E-state index contributed by atoms with van der Waals surface area (Å²) >= 11 is 0. The molecule has 2 aromatic carbocycles. The molecule has 0 heterocycles. The normalized spacial score (nSPS) is 10.2. The van der Waals surface area contributed by atoms with Crippen molar-refractivity contribution in [2.75, 3.05) is 0 Å². The second kappa shape index (κ2) is 3.66. The molecule has 0 amide bonds. The first kappa shape index (κ1) is 10.2. The minimum atomic E-state index is -1.20. The smallest absolute Gasteiger partial charge is 0.339 e. The summed E-state index contributed by atoms with van der Waals surface area (Å²) in [5.41, 5.74) is 0.296. The fourth-order valence-electron chi connectivity index (χ4n) is 1.55. The first-order valence-corrected chi connectivity index (χ1v) is 4.57. The third-order valence-electron chi connectivity index (χ3n) is 2.35. The average molecular weight is 216 g/mol. The van der Waals surface area contributed by atoms with Gasteiger partial charge in [-0.25, -0.2) is 4.79 Å². The Morgan fingerprint density at radius 1 is 1.12 bits per heavy atom. The molecule has 0 unspecified atom stereocenters. The average Bonchev–Trinajstić information content (AvgIpc) is 2.27. The summed E-state index contributed by atoms with van der Waals surface area (Å²) in [5.74, 6) is -1.48. The van der Waals surface area contributed by atoms with Gasteiger partial charge in [-0.3, -0.25) is 4.79 Å². The number of rotatable bonds is 2. The van der Waals surface area contributed by atoms with Crippen molar-refractivity contribution < 1.29 is 19.8 Å². The maximum atomic E-state index is 10.8. The summed E-state index contributed by atoms with van der Waals surface area (Å²) < 4.78 is 0. The molecule has 0 aliphatic heterocycles. The Morgan fingerprint density at radius 2 is 1.88 bits per heavy atom. The molecule has 0 spiro atoms. The lowest BCUT2D eigenvalue weighted by molar-refractivity contribution is 0.0694. The maximum Gasteiger partial charge on any atom is 0.339 e. The number of fused-ring (bicyclic) bond motifs is 1. The highest BCUT2D eigenvalue weighted by Crippen LogP contribution is 2.25. The van der Waals surface area contributed by atoms with E-state index in [-0.39, 0.29) is 11.3 Å². The predicted molar refractivity (Wildman–Crippen MR) is 58.0 cm³/mol. The van der Waals surface area contributed by atoms with Crippen molar-refractivity contribution in [3.8, 4) is 5.75 Å². The van der Waals surface area contributed by atoms with Gasteiger partial charge in [-0.15, -0.1) is 0 Å². The van der Waals surface area contributed by atoms with E-state index >= 15 is 0 Å². The molecular weight excluding hydrogens is 208 g/mol. The van der Waals surface area contributed by atoms with Crippen molar-refractivity contribution >= 4 is 23.0 Å². The lowest BCUT2D eigenvalue weighted by Gasteiger charge is -2.03. The van der Waals surface area contributed by atoms with Crippen molar-refractivity contribution in [3.63, 3.8) is 0 Å². The lowest BCUT2D eigenvalue weighted by Crippen LogP contribution is -1.96. The standard InChI is InChI=1S/C12H8O4/c13-6-7-1-2-8-5-11(14)10(12(15)16)4-9(8)3-7/h1-6,14H,(H,15,16). The number of aldehydes is 1. The molecule has 4 heteroatoms. The number of hydrogen-bond donors (Lipinski definition) is 2. The quantitative estimate of drug-likeness (QED) is 0.753. The van der Waals surface area contributed by atoms with Gasteiger partial charge in [-0.1, -0.05) is 12.1 Å². The van der Waals surface area contributed by atoms with Gasteiger partial charge in [-0.05, 0) is 29.0 Å². The fourth-order valence-corrected chi connectivity index (χ4v) is 1.55. The molecule has 0 aliphatic carbocycles. The van der Waals surface area contributed by atoms with Crippen LogP contribution in [0.2, 0.25) is 0 Å². The molecule has 2 N–H and O–H groups in total. The molecule has 0 radical (unpaired) electrons. The predicted octanol–water partition coefficient (Wildman–Crippen LogP) is 2.06. The molecule has 2 aromatic rings. The van der Waals surface area contributed by atoms with Crippen molar-refractivity contribution in [1.29, 1.82) is 0 Å². The van der Waals surface area contributed by atoms with Gasteiger partial charge in [-0.2, -0.15) is 0 Å². The van der Waals surface area contributed by atoms with E-state index < -0.39 is 5.97 Å². The van der Waals surface area contributed by atoms with E-state index in [0.717, 1.165) is 0 Å². The minimum Gasteiger partial charge on any atom is -0.507 e. The van der Waals surface area contributed by atoms with Crippen LogP contribution < -0.4 is 0 Å². The summed E-state index contributed by atoms with van der Waals surface area (Å²) in [7, 11) is 0. The molecule has 16 heavy (non-hydrogen) atoms. The van der Waals surface area contributed by atoms with Crippen LogP contribution in [0.1, 0.15) is 20.7 Å². The van der Waals surface area contributed by atoms with Crippen molar-refractivity contribution in [2.24, 2.45) is 0 Å². The van der Waals surface area contributed by atoms with E-state index in [1.54, 1.807) is 18.2 Å². The van der Waals surface area contributed by atoms with Crippen molar-refractivity contribution in [2.45, 2.75) is 0 Å². The number of carboxylic acids is 1. The molecule has 80 valence electrons. The van der Waals surface area contributed by atoms with Gasteiger partial charge in [0.25, 0.3) is 0 Å². The van der Waals surface area contributed by atoms with E-state index in [1.165, 1.54) is 12.1 Å². The summed E-state index contributed by atoms with van der Waals surface area (Å²) in [6.45, 7) is 0. The summed E-state index contributed by atoms with van der Waals surface area (Å²) in [6.07, 6.45) is 0.687. The van der Waals surface area contributed by atoms with E-state index in [2.05, 4.69) is 0 Å². The van der Waals surface area contributed by atoms with Crippen LogP contribution in [-0.4, -0.2) is 22.5 Å². The van der Waals surface area contributed by atoms with E-state index in [9.17, 15) is 14.7 Å². The number of aromatic hydroxyl groups is 1. The van der Waals surface area contributed by atoms with Crippen LogP contribution in [0.5, 0.6) is 5.75 Å². The number of hydrogen-bond acceptors (Lipinski definition) is 3. The summed E-state index contributed by atoms with van der Waals surface area (Å²) in [6, 6.07) is 7.56. The molecule has 0 saturated carbocycles. The third-order valence-corrected chi connectivity index (χ3v) is 2.35. The van der Waals surface area contributed by atoms with Crippen LogP contribution in [0.15, 0.2) is 30.3 Å². The monoisotopic (exact) mass is 216 g/mol. The Morgan fingerprint density at radius 3 is 2.50 bits per heavy atom. The van der Waals surface area contributed by atoms with E-state index in [4.69, 9.17) is 5.11 Å². The largest absolute Gasteiger partial charge is 0.507 e. The SMILES string of the molecule is O=Cc1ccc2cc(O)c(C(=O)O)cc2c1. The Labute approximate surface area is 90.8 Å². The highest BCUT2D eigenvalue weighted by Gasteiger charge is 2.10. The maximum absolute atomic E-state index is 10.8. The number of benzene rings is 2. The van der Waals surface area contributed by atoms with Crippen LogP contribution >= 0.6 is 0 Å². The van der Waals surface area contributed by atoms with Crippen LogP contribution in [0.4, 0.5) is 0 Å². The zero-order valence-electron chi connectivity index (χ0n) is 8.18. The fraction of sp³-hybridized carbons (Fsp3) is 0. The first-order valence-electron chi connectivity index (χ1n) is 4.57. The Bertz CT molecular complexity index is 587. The van der Waals surface area contributed by atoms with Gasteiger partial charge >= 0.3 is 5.97 Å². The lowest BCUT2D eigenvalue weighted by atomic mass is 10.0. The third kappa shape index (κ3) is 1.61. The number of phenols is 1. The van der Waals surface area contributed by atoms with Crippen LogP contribution in [0, 0.1) is 0 Å². The van der Waals surface area contributed by atoms with Gasteiger partial charge in [0.05, 0.1) is 0 Å². The van der Waals surface area contributed by atoms with Crippen LogP contribution in [0.3, 0.4) is 0 Å². The van der Waals surface area contributed by atoms with Crippen LogP contribution in [-0.2, 0) is 0 Å². The van der Waals surface area contributed by atoms with E-state index in [0.29, 0.717) is 22.6 Å². The molecule has 2 rings (SSSR count). The Hall–Kier alpha value is -2.36. The Balaban J connectivity index is 2.75. The topological polar surface area (TPSA) is 74.6 Å². The molecule has 0 bridgehead atoms. The zero-order chi connectivity index (χ0) is 11.7. The molecular formula is C12H8O4. The molecule has 0 saturated heterocycles.